The molecule has 134 valence electrons. The van der Waals surface area contributed by atoms with Gasteiger partial charge < -0.3 is 0 Å². The topological polar surface area (TPSA) is 49.7 Å². The fraction of sp³-hybridized carbons (Fsp3) is 0.571. The minimum Gasteiger partial charge on any atom is -0.292 e. The van der Waals surface area contributed by atoms with Crippen molar-refractivity contribution in [3.63, 3.8) is 0 Å². The predicted molar refractivity (Wildman–Crippen MR) is 99.4 cm³/mol. The molecule has 1 amide bonds. The Hall–Kier alpha value is -1.97. The third-order valence-corrected chi connectivity index (χ3v) is 6.39. The van der Waals surface area contributed by atoms with Crippen molar-refractivity contribution in [2.75, 3.05) is 6.54 Å². The van der Waals surface area contributed by atoms with Gasteiger partial charge >= 0.3 is 0 Å². The summed E-state index contributed by atoms with van der Waals surface area (Å²) in [6.07, 6.45) is 3.42. The fourth-order valence-corrected chi connectivity index (χ4v) is 4.65. The quantitative estimate of drug-likeness (QED) is 0.756. The summed E-state index contributed by atoms with van der Waals surface area (Å²) in [5, 5.41) is 5.90. The zero-order valence-electron chi connectivity index (χ0n) is 15.7. The molecule has 4 heteroatoms. The molecule has 0 aromatic heterocycles. The summed E-state index contributed by atoms with van der Waals surface area (Å²) in [7, 11) is 0. The molecule has 0 unspecified atom stereocenters. The van der Waals surface area contributed by atoms with Crippen molar-refractivity contribution in [2.45, 2.75) is 47.0 Å². The molecule has 1 aliphatic carbocycles. The smallest absolute Gasteiger partial charge is 0.255 e. The molecule has 0 saturated heterocycles. The van der Waals surface area contributed by atoms with Gasteiger partial charge in [0.2, 0.25) is 0 Å². The Morgan fingerprint density at radius 1 is 1.28 bits per heavy atom. The first-order chi connectivity index (χ1) is 11.9. The first-order valence-electron chi connectivity index (χ1n) is 9.33. The highest BCUT2D eigenvalue weighted by molar-refractivity contribution is 6.12. The molecule has 25 heavy (non-hydrogen) atoms. The maximum atomic E-state index is 13.2. The minimum atomic E-state index is -0.569. The molecule has 1 saturated carbocycles. The normalized spacial score (nSPS) is 32.2. The van der Waals surface area contributed by atoms with E-state index in [4.69, 9.17) is 0 Å². The molecule has 1 fully saturated rings. The third-order valence-electron chi connectivity index (χ3n) is 6.39. The van der Waals surface area contributed by atoms with E-state index >= 15 is 0 Å². The molecule has 0 spiro atoms. The number of carbonyl (C=O) groups is 2. The maximum absolute atomic E-state index is 13.2. The number of nitrogens with zero attached hydrogens (tertiary/aromatic N) is 2. The van der Waals surface area contributed by atoms with E-state index in [1.54, 1.807) is 12.1 Å². The van der Waals surface area contributed by atoms with Crippen LogP contribution in [0.15, 0.2) is 35.4 Å². The minimum absolute atomic E-state index is 0.0112. The number of ketones is 1. The van der Waals surface area contributed by atoms with Crippen molar-refractivity contribution in [3.05, 3.63) is 35.9 Å². The lowest BCUT2D eigenvalue weighted by Crippen LogP contribution is -2.44. The molecule has 1 aromatic carbocycles. The zero-order chi connectivity index (χ0) is 18.2. The van der Waals surface area contributed by atoms with E-state index in [1.807, 2.05) is 32.0 Å². The van der Waals surface area contributed by atoms with E-state index in [0.717, 1.165) is 18.6 Å². The third kappa shape index (κ3) is 3.03. The molecule has 1 aliphatic heterocycles. The van der Waals surface area contributed by atoms with E-state index in [1.165, 1.54) is 11.4 Å². The lowest BCUT2D eigenvalue weighted by Gasteiger charge is -2.33. The van der Waals surface area contributed by atoms with Gasteiger partial charge in [-0.05, 0) is 44.4 Å². The van der Waals surface area contributed by atoms with E-state index in [2.05, 4.69) is 18.9 Å². The summed E-state index contributed by atoms with van der Waals surface area (Å²) in [5.41, 5.74) is 0.907. The van der Waals surface area contributed by atoms with Crippen molar-refractivity contribution < 1.29 is 9.59 Å². The van der Waals surface area contributed by atoms with E-state index in [0.29, 0.717) is 23.3 Å². The highest BCUT2D eigenvalue weighted by Gasteiger charge is 2.54. The van der Waals surface area contributed by atoms with Crippen LogP contribution < -0.4 is 0 Å². The molecular weight excluding hydrogens is 312 g/mol. The highest BCUT2D eigenvalue weighted by Crippen LogP contribution is 2.50. The summed E-state index contributed by atoms with van der Waals surface area (Å²) in [5.74, 6) is 1.43. The Morgan fingerprint density at radius 2 is 1.96 bits per heavy atom. The summed E-state index contributed by atoms with van der Waals surface area (Å²) in [6.45, 7) is 8.47. The Kier molecular flexibility index (Phi) is 4.81. The van der Waals surface area contributed by atoms with Crippen LogP contribution in [-0.4, -0.2) is 29.0 Å². The molecule has 0 bridgehead atoms. The highest BCUT2D eigenvalue weighted by atomic mass is 16.2. The van der Waals surface area contributed by atoms with Gasteiger partial charge in [-0.15, -0.1) is 0 Å². The number of carbonyl (C=O) groups excluding carboxylic acids is 2. The molecule has 1 aromatic rings. The van der Waals surface area contributed by atoms with Crippen molar-refractivity contribution in [1.29, 1.82) is 0 Å². The zero-order valence-corrected chi connectivity index (χ0v) is 15.7. The Balaban J connectivity index is 1.78. The molecular formula is C21H28N2O2. The second-order valence-corrected chi connectivity index (χ2v) is 7.87. The fourth-order valence-electron chi connectivity index (χ4n) is 4.65. The number of hydrogen-bond donors (Lipinski definition) is 0. The molecule has 4 atom stereocenters. The summed E-state index contributed by atoms with van der Waals surface area (Å²) in [6, 6.07) is 9.11. The molecule has 1 heterocycles. The van der Waals surface area contributed by atoms with Crippen molar-refractivity contribution in [1.82, 2.24) is 5.01 Å². The van der Waals surface area contributed by atoms with Crippen molar-refractivity contribution in [3.8, 4) is 0 Å². The molecule has 3 rings (SSSR count). The van der Waals surface area contributed by atoms with Crippen LogP contribution in [-0.2, 0) is 4.79 Å². The van der Waals surface area contributed by atoms with Crippen LogP contribution in [0.1, 0.15) is 57.3 Å². The van der Waals surface area contributed by atoms with Crippen LogP contribution in [0.4, 0.5) is 0 Å². The standard InChI is InChI=1S/C21H28N2O2/c1-5-16-11-14(2)18(12-16)21(4)15(3)22-23(20(21)25)13-19(24)17-9-7-6-8-10-17/h6-10,14,16,18H,5,11-13H2,1-4H3/t14-,16+,18-,21-/m1/s1. The SMILES string of the molecule is CC[C@H]1C[C@@H](C)[C@H]([C@]2(C)C(=O)N(CC(=O)c3ccccc3)N=C2C)C1. The van der Waals surface area contributed by atoms with Crippen LogP contribution in [0.25, 0.3) is 0 Å². The Bertz CT molecular complexity index is 697. The van der Waals surface area contributed by atoms with Crippen molar-refractivity contribution >= 4 is 17.4 Å². The average Bonchev–Trinajstić information content (AvgIpc) is 3.10. The largest absolute Gasteiger partial charge is 0.292 e. The van der Waals surface area contributed by atoms with Crippen molar-refractivity contribution in [2.24, 2.45) is 28.3 Å². The van der Waals surface area contributed by atoms with Gasteiger partial charge in [-0.1, -0.05) is 50.6 Å². The van der Waals surface area contributed by atoms with Gasteiger partial charge in [0.05, 0.1) is 11.1 Å². The van der Waals surface area contributed by atoms with Crippen LogP contribution in [0.3, 0.4) is 0 Å². The lowest BCUT2D eigenvalue weighted by atomic mass is 9.69. The number of amides is 1. The van der Waals surface area contributed by atoms with Gasteiger partial charge in [0.1, 0.15) is 6.54 Å². The maximum Gasteiger partial charge on any atom is 0.255 e. The molecule has 4 nitrogen and oxygen atoms in total. The van der Waals surface area contributed by atoms with Gasteiger partial charge in [-0.3, -0.25) is 9.59 Å². The Labute approximate surface area is 150 Å². The van der Waals surface area contributed by atoms with Crippen LogP contribution in [0.2, 0.25) is 0 Å². The summed E-state index contributed by atoms with van der Waals surface area (Å²) < 4.78 is 0. The van der Waals surface area contributed by atoms with Gasteiger partial charge in [-0.25, -0.2) is 5.01 Å². The number of hydrogen-bond acceptors (Lipinski definition) is 3. The van der Waals surface area contributed by atoms with Gasteiger partial charge in [0, 0.05) is 5.56 Å². The molecule has 2 aliphatic rings. The molecule has 0 N–H and O–H groups in total. The Morgan fingerprint density at radius 3 is 2.56 bits per heavy atom. The molecule has 0 radical (unpaired) electrons. The first-order valence-corrected chi connectivity index (χ1v) is 9.33. The number of Topliss-reactive ketones (excluding diaryl/α,β-unsaturated/α-hetero) is 1. The second-order valence-electron chi connectivity index (χ2n) is 7.87. The second kappa shape index (κ2) is 6.74. The average molecular weight is 340 g/mol. The van der Waals surface area contributed by atoms with E-state index < -0.39 is 5.41 Å². The summed E-state index contributed by atoms with van der Waals surface area (Å²) in [4.78, 5) is 25.7. The van der Waals surface area contributed by atoms with Gasteiger partial charge in [-0.2, -0.15) is 5.10 Å². The monoisotopic (exact) mass is 340 g/mol. The van der Waals surface area contributed by atoms with Crippen LogP contribution >= 0.6 is 0 Å². The first kappa shape index (κ1) is 17.8. The number of hydrazone groups is 1. The predicted octanol–water partition coefficient (Wildman–Crippen LogP) is 4.17. The number of benzene rings is 1. The number of rotatable bonds is 5. The lowest BCUT2D eigenvalue weighted by molar-refractivity contribution is -0.137. The van der Waals surface area contributed by atoms with Gasteiger partial charge in [0.25, 0.3) is 5.91 Å². The summed E-state index contributed by atoms with van der Waals surface area (Å²) >= 11 is 0. The van der Waals surface area contributed by atoms with Crippen LogP contribution in [0, 0.1) is 23.2 Å². The van der Waals surface area contributed by atoms with Crippen LogP contribution in [0.5, 0.6) is 0 Å². The van der Waals surface area contributed by atoms with E-state index in [-0.39, 0.29) is 18.2 Å². The van der Waals surface area contributed by atoms with E-state index in [9.17, 15) is 9.59 Å². The van der Waals surface area contributed by atoms with Gasteiger partial charge in [0.15, 0.2) is 5.78 Å².